The van der Waals surface area contributed by atoms with Crippen LogP contribution in [0.2, 0.25) is 0 Å². The molecule has 1 heterocycles. The highest BCUT2D eigenvalue weighted by molar-refractivity contribution is 6.44. The number of Topliss-reactive ketones (excluding diaryl/α,β-unsaturated/α-hetero) is 1. The van der Waals surface area contributed by atoms with Crippen LogP contribution in [0, 0.1) is 5.92 Å². The van der Waals surface area contributed by atoms with Crippen LogP contribution < -0.4 is 5.32 Å². The number of hydrogen-bond acceptors (Lipinski definition) is 5. The standard InChI is InChI=1S/C23H31N3O5/c1-6-15(7-2)22(29)24-16-10-11-19-17(12-16)18(21(28)23(30)25(5)8-3)13-26(19)14-20(27)31-9-4/h10-13,15H,6-9,14H2,1-5H3,(H,24,29). The number of likely N-dealkylation sites (N-methyl/N-ethyl adjacent to an activating group) is 1. The minimum Gasteiger partial charge on any atom is -0.465 e. The van der Waals surface area contributed by atoms with Gasteiger partial charge in [-0.2, -0.15) is 0 Å². The van der Waals surface area contributed by atoms with E-state index >= 15 is 0 Å². The number of esters is 1. The van der Waals surface area contributed by atoms with Crippen LogP contribution in [0.5, 0.6) is 0 Å². The van der Waals surface area contributed by atoms with Crippen LogP contribution in [0.15, 0.2) is 24.4 Å². The Hall–Kier alpha value is -3.16. The molecule has 0 aliphatic heterocycles. The number of ether oxygens (including phenoxy) is 1. The summed E-state index contributed by atoms with van der Waals surface area (Å²) < 4.78 is 6.61. The molecule has 0 saturated heterocycles. The van der Waals surface area contributed by atoms with Crippen molar-refractivity contribution in [1.29, 1.82) is 0 Å². The average Bonchev–Trinajstić information content (AvgIpc) is 3.10. The number of hydrogen-bond donors (Lipinski definition) is 1. The molecule has 8 nitrogen and oxygen atoms in total. The molecule has 0 aliphatic carbocycles. The molecule has 8 heteroatoms. The van der Waals surface area contributed by atoms with Gasteiger partial charge in [-0.1, -0.05) is 13.8 Å². The zero-order valence-electron chi connectivity index (χ0n) is 18.9. The number of fused-ring (bicyclic) bond motifs is 1. The van der Waals surface area contributed by atoms with Gasteiger partial charge in [0.2, 0.25) is 5.91 Å². The molecule has 0 aliphatic rings. The van der Waals surface area contributed by atoms with Crippen molar-refractivity contribution >= 4 is 40.2 Å². The van der Waals surface area contributed by atoms with E-state index < -0.39 is 17.7 Å². The fraction of sp³-hybridized carbons (Fsp3) is 0.478. The number of ketones is 1. The van der Waals surface area contributed by atoms with Crippen molar-refractivity contribution < 1.29 is 23.9 Å². The molecule has 0 bridgehead atoms. The van der Waals surface area contributed by atoms with Gasteiger partial charge < -0.3 is 19.5 Å². The third-order valence-corrected chi connectivity index (χ3v) is 5.37. The zero-order valence-corrected chi connectivity index (χ0v) is 18.9. The van der Waals surface area contributed by atoms with E-state index in [1.165, 1.54) is 11.1 Å². The average molecular weight is 430 g/mol. The van der Waals surface area contributed by atoms with Crippen molar-refractivity contribution in [3.8, 4) is 0 Å². The first kappa shape index (κ1) is 24.1. The van der Waals surface area contributed by atoms with Crippen molar-refractivity contribution in [2.75, 3.05) is 25.5 Å². The number of rotatable bonds is 10. The Morgan fingerprint density at radius 1 is 1.10 bits per heavy atom. The Labute approximate surface area is 182 Å². The second kappa shape index (κ2) is 10.7. The molecule has 0 atom stereocenters. The normalized spacial score (nSPS) is 10.9. The second-order valence-electron chi connectivity index (χ2n) is 7.36. The van der Waals surface area contributed by atoms with Gasteiger partial charge in [0.05, 0.1) is 12.2 Å². The first-order valence-corrected chi connectivity index (χ1v) is 10.7. The lowest BCUT2D eigenvalue weighted by Gasteiger charge is -2.14. The number of nitrogens with zero attached hydrogens (tertiary/aromatic N) is 2. The highest BCUT2D eigenvalue weighted by atomic mass is 16.5. The van der Waals surface area contributed by atoms with Crippen molar-refractivity contribution in [2.45, 2.75) is 47.1 Å². The molecule has 1 aromatic heterocycles. The smallest absolute Gasteiger partial charge is 0.325 e. The highest BCUT2D eigenvalue weighted by Crippen LogP contribution is 2.27. The number of carbonyl (C=O) groups excluding carboxylic acids is 4. The van der Waals surface area contributed by atoms with E-state index in [1.54, 1.807) is 43.7 Å². The van der Waals surface area contributed by atoms with Gasteiger partial charge in [0.25, 0.3) is 11.7 Å². The van der Waals surface area contributed by atoms with E-state index in [2.05, 4.69) is 5.32 Å². The van der Waals surface area contributed by atoms with E-state index in [9.17, 15) is 19.2 Å². The number of amides is 2. The molecule has 0 unspecified atom stereocenters. The first-order valence-electron chi connectivity index (χ1n) is 10.7. The zero-order chi connectivity index (χ0) is 23.1. The molecule has 2 amide bonds. The highest BCUT2D eigenvalue weighted by Gasteiger charge is 2.25. The van der Waals surface area contributed by atoms with Crippen LogP contribution in [0.4, 0.5) is 5.69 Å². The van der Waals surface area contributed by atoms with Gasteiger partial charge in [0.15, 0.2) is 0 Å². The Morgan fingerprint density at radius 3 is 2.35 bits per heavy atom. The minimum atomic E-state index is -0.666. The summed E-state index contributed by atoms with van der Waals surface area (Å²) >= 11 is 0. The summed E-state index contributed by atoms with van der Waals surface area (Å²) in [5.41, 5.74) is 1.32. The molecule has 0 spiro atoms. The summed E-state index contributed by atoms with van der Waals surface area (Å²) in [4.78, 5) is 51.2. The molecule has 0 fully saturated rings. The molecule has 1 N–H and O–H groups in total. The van der Waals surface area contributed by atoms with E-state index in [0.29, 0.717) is 23.1 Å². The predicted molar refractivity (Wildman–Crippen MR) is 119 cm³/mol. The molecule has 2 rings (SSSR count). The van der Waals surface area contributed by atoms with Gasteiger partial charge in [-0.15, -0.1) is 0 Å². The third-order valence-electron chi connectivity index (χ3n) is 5.37. The van der Waals surface area contributed by atoms with Crippen LogP contribution in [0.25, 0.3) is 10.9 Å². The molecule has 1 aromatic carbocycles. The van der Waals surface area contributed by atoms with E-state index in [4.69, 9.17) is 4.74 Å². The molecular weight excluding hydrogens is 398 g/mol. The van der Waals surface area contributed by atoms with E-state index in [1.807, 2.05) is 13.8 Å². The Morgan fingerprint density at radius 2 is 1.77 bits per heavy atom. The number of carbonyl (C=O) groups is 4. The van der Waals surface area contributed by atoms with E-state index in [-0.39, 0.29) is 30.5 Å². The Balaban J connectivity index is 2.51. The van der Waals surface area contributed by atoms with Gasteiger partial charge in [0, 0.05) is 42.3 Å². The van der Waals surface area contributed by atoms with Crippen LogP contribution >= 0.6 is 0 Å². The fourth-order valence-electron chi connectivity index (χ4n) is 3.37. The summed E-state index contributed by atoms with van der Waals surface area (Å²) in [7, 11) is 1.55. The molecule has 0 saturated carbocycles. The second-order valence-corrected chi connectivity index (χ2v) is 7.36. The number of aromatic nitrogens is 1. The number of benzene rings is 1. The third kappa shape index (κ3) is 5.51. The lowest BCUT2D eigenvalue weighted by molar-refractivity contribution is -0.143. The quantitative estimate of drug-likeness (QED) is 0.355. The Bertz CT molecular complexity index is 975. The van der Waals surface area contributed by atoms with Crippen molar-refractivity contribution in [1.82, 2.24) is 9.47 Å². The first-order chi connectivity index (χ1) is 14.8. The number of nitrogens with one attached hydrogen (secondary N) is 1. The minimum absolute atomic E-state index is 0.0884. The van der Waals surface area contributed by atoms with Crippen LogP contribution in [0.1, 0.15) is 50.9 Å². The van der Waals surface area contributed by atoms with Gasteiger partial charge >= 0.3 is 5.97 Å². The maximum absolute atomic E-state index is 12.9. The summed E-state index contributed by atoms with van der Waals surface area (Å²) in [5.74, 6) is -1.94. The van der Waals surface area contributed by atoms with Crippen molar-refractivity contribution in [3.05, 3.63) is 30.0 Å². The SMILES string of the molecule is CCOC(=O)Cn1cc(C(=O)C(=O)N(C)CC)c2cc(NC(=O)C(CC)CC)ccc21. The summed E-state index contributed by atoms with van der Waals surface area (Å²) in [6.07, 6.45) is 2.95. The van der Waals surface area contributed by atoms with Crippen molar-refractivity contribution in [2.24, 2.45) is 5.92 Å². The topological polar surface area (TPSA) is 97.7 Å². The number of anilines is 1. The maximum atomic E-state index is 12.9. The summed E-state index contributed by atoms with van der Waals surface area (Å²) in [6.45, 7) is 7.96. The summed E-state index contributed by atoms with van der Waals surface area (Å²) in [5, 5.41) is 3.38. The van der Waals surface area contributed by atoms with Gasteiger partial charge in [0.1, 0.15) is 6.54 Å². The molecule has 2 aromatic rings. The fourth-order valence-corrected chi connectivity index (χ4v) is 3.37. The lowest BCUT2D eigenvalue weighted by Crippen LogP contribution is -2.33. The van der Waals surface area contributed by atoms with Crippen LogP contribution in [-0.2, 0) is 25.7 Å². The summed E-state index contributed by atoms with van der Waals surface area (Å²) in [6, 6.07) is 5.12. The molecule has 31 heavy (non-hydrogen) atoms. The monoisotopic (exact) mass is 429 g/mol. The molecular formula is C23H31N3O5. The van der Waals surface area contributed by atoms with E-state index in [0.717, 1.165) is 12.8 Å². The maximum Gasteiger partial charge on any atom is 0.325 e. The predicted octanol–water partition coefficient (Wildman–Crippen LogP) is 3.24. The molecule has 168 valence electrons. The van der Waals surface area contributed by atoms with Gasteiger partial charge in [-0.25, -0.2) is 0 Å². The largest absolute Gasteiger partial charge is 0.465 e. The lowest BCUT2D eigenvalue weighted by atomic mass is 10.0. The van der Waals surface area contributed by atoms with Gasteiger partial charge in [-0.05, 0) is 44.9 Å². The van der Waals surface area contributed by atoms with Crippen LogP contribution in [-0.4, -0.2) is 53.2 Å². The van der Waals surface area contributed by atoms with Gasteiger partial charge in [-0.3, -0.25) is 19.2 Å². The Kier molecular flexibility index (Phi) is 8.36. The molecule has 0 radical (unpaired) electrons. The van der Waals surface area contributed by atoms with Crippen LogP contribution in [0.3, 0.4) is 0 Å². The van der Waals surface area contributed by atoms with Crippen molar-refractivity contribution in [3.63, 3.8) is 0 Å².